The normalized spacial score (nSPS) is 11.8. The van der Waals surface area contributed by atoms with E-state index >= 15 is 0 Å². The summed E-state index contributed by atoms with van der Waals surface area (Å²) in [6.45, 7) is 4.96. The summed E-state index contributed by atoms with van der Waals surface area (Å²) in [6.07, 6.45) is 3.57. The first-order valence-corrected chi connectivity index (χ1v) is 12.9. The molecule has 1 unspecified atom stereocenters. The van der Waals surface area contributed by atoms with E-state index in [4.69, 9.17) is 23.2 Å². The fourth-order valence-electron chi connectivity index (χ4n) is 3.32. The Kier molecular flexibility index (Phi) is 12.0. The summed E-state index contributed by atoms with van der Waals surface area (Å²) in [7, 11) is 0. The van der Waals surface area contributed by atoms with E-state index in [1.54, 1.807) is 16.7 Å². The van der Waals surface area contributed by atoms with Crippen LogP contribution in [-0.2, 0) is 16.1 Å². The summed E-state index contributed by atoms with van der Waals surface area (Å²) in [5, 5.41) is 4.30. The molecular weight excluding hydrogens is 463 g/mol. The molecule has 4 nitrogen and oxygen atoms in total. The molecule has 174 valence electrons. The monoisotopic (exact) mass is 494 g/mol. The van der Waals surface area contributed by atoms with Crippen molar-refractivity contribution < 1.29 is 9.59 Å². The van der Waals surface area contributed by atoms with Gasteiger partial charge in [0.05, 0.1) is 0 Å². The average Bonchev–Trinajstić information content (AvgIpc) is 2.79. The third kappa shape index (κ3) is 8.68. The zero-order chi connectivity index (χ0) is 23.3. The van der Waals surface area contributed by atoms with Crippen molar-refractivity contribution in [3.63, 3.8) is 0 Å². The Morgan fingerprint density at radius 3 is 2.41 bits per heavy atom. The number of nitrogens with one attached hydrogen (secondary N) is 1. The van der Waals surface area contributed by atoms with Crippen LogP contribution in [0.5, 0.6) is 0 Å². The predicted molar refractivity (Wildman–Crippen MR) is 135 cm³/mol. The molecule has 0 saturated heterocycles. The number of rotatable bonds is 13. The second-order valence-electron chi connectivity index (χ2n) is 7.59. The van der Waals surface area contributed by atoms with Crippen LogP contribution in [0.25, 0.3) is 0 Å². The number of benzene rings is 2. The van der Waals surface area contributed by atoms with Crippen LogP contribution in [0.1, 0.15) is 51.5 Å². The minimum Gasteiger partial charge on any atom is -0.354 e. The van der Waals surface area contributed by atoms with Gasteiger partial charge in [-0.05, 0) is 60.9 Å². The van der Waals surface area contributed by atoms with Crippen molar-refractivity contribution in [2.24, 2.45) is 0 Å². The molecule has 0 heterocycles. The van der Waals surface area contributed by atoms with Gasteiger partial charge in [-0.3, -0.25) is 9.59 Å². The van der Waals surface area contributed by atoms with Gasteiger partial charge in [0, 0.05) is 34.5 Å². The standard InChI is InChI=1S/C25H32Cl2N2O2S/c1-3-5-16-28-25(31)23(4-2)29(18-19-9-6-7-10-22(19)27)24(30)11-8-17-32-21-14-12-20(26)13-15-21/h6-7,9-10,12-15,23H,3-5,8,11,16-18H2,1-2H3,(H,28,31). The van der Waals surface area contributed by atoms with Gasteiger partial charge in [0.2, 0.25) is 11.8 Å². The molecule has 0 aliphatic carbocycles. The number of carbonyl (C=O) groups excluding carboxylic acids is 2. The molecule has 0 fully saturated rings. The first kappa shape index (κ1) is 26.6. The highest BCUT2D eigenvalue weighted by molar-refractivity contribution is 7.99. The fraction of sp³-hybridized carbons (Fsp3) is 0.440. The van der Waals surface area contributed by atoms with Gasteiger partial charge in [-0.25, -0.2) is 0 Å². The van der Waals surface area contributed by atoms with E-state index in [9.17, 15) is 9.59 Å². The zero-order valence-electron chi connectivity index (χ0n) is 18.8. The molecule has 0 spiro atoms. The van der Waals surface area contributed by atoms with Gasteiger partial charge in [0.1, 0.15) is 6.04 Å². The fourth-order valence-corrected chi connectivity index (χ4v) is 4.50. The van der Waals surface area contributed by atoms with Crippen LogP contribution in [0.15, 0.2) is 53.4 Å². The summed E-state index contributed by atoms with van der Waals surface area (Å²) in [6, 6.07) is 14.6. The Morgan fingerprint density at radius 2 is 1.75 bits per heavy atom. The molecule has 2 rings (SSSR count). The van der Waals surface area contributed by atoms with Crippen LogP contribution < -0.4 is 5.32 Å². The summed E-state index contributed by atoms with van der Waals surface area (Å²) in [5.74, 6) is 0.684. The first-order chi connectivity index (χ1) is 15.5. The summed E-state index contributed by atoms with van der Waals surface area (Å²) in [5.41, 5.74) is 0.845. The lowest BCUT2D eigenvalue weighted by molar-refractivity contribution is -0.141. The smallest absolute Gasteiger partial charge is 0.242 e. The second-order valence-corrected chi connectivity index (χ2v) is 9.60. The van der Waals surface area contributed by atoms with E-state index < -0.39 is 6.04 Å². The summed E-state index contributed by atoms with van der Waals surface area (Å²) >= 11 is 14.0. The van der Waals surface area contributed by atoms with Crippen molar-refractivity contribution in [1.82, 2.24) is 10.2 Å². The largest absolute Gasteiger partial charge is 0.354 e. The molecule has 0 aromatic heterocycles. The number of halogens is 2. The second kappa shape index (κ2) is 14.5. The first-order valence-electron chi connectivity index (χ1n) is 11.1. The van der Waals surface area contributed by atoms with Crippen molar-refractivity contribution in [3.8, 4) is 0 Å². The van der Waals surface area contributed by atoms with Gasteiger partial charge >= 0.3 is 0 Å². The van der Waals surface area contributed by atoms with E-state index in [1.807, 2.05) is 55.5 Å². The molecule has 2 amide bonds. The topological polar surface area (TPSA) is 49.4 Å². The average molecular weight is 496 g/mol. The van der Waals surface area contributed by atoms with Gasteiger partial charge in [0.15, 0.2) is 0 Å². The number of nitrogens with zero attached hydrogens (tertiary/aromatic N) is 1. The zero-order valence-corrected chi connectivity index (χ0v) is 21.1. The minimum atomic E-state index is -0.514. The number of hydrogen-bond acceptors (Lipinski definition) is 3. The molecular formula is C25H32Cl2N2O2S. The molecule has 32 heavy (non-hydrogen) atoms. The quantitative estimate of drug-likeness (QED) is 0.252. The maximum Gasteiger partial charge on any atom is 0.242 e. The third-order valence-corrected chi connectivity index (χ3v) is 6.85. The molecule has 0 bridgehead atoms. The molecule has 0 aliphatic heterocycles. The molecule has 0 saturated carbocycles. The van der Waals surface area contributed by atoms with Crippen molar-refractivity contribution in [2.45, 2.75) is 63.4 Å². The molecule has 0 radical (unpaired) electrons. The maximum atomic E-state index is 13.2. The Morgan fingerprint density at radius 1 is 1.03 bits per heavy atom. The number of unbranched alkanes of at least 4 members (excludes halogenated alkanes) is 1. The van der Waals surface area contributed by atoms with Gasteiger partial charge in [-0.2, -0.15) is 0 Å². The van der Waals surface area contributed by atoms with Crippen LogP contribution in [0, 0.1) is 0 Å². The predicted octanol–water partition coefficient (Wildman–Crippen LogP) is 6.59. The van der Waals surface area contributed by atoms with Crippen LogP contribution >= 0.6 is 35.0 Å². The number of carbonyl (C=O) groups is 2. The summed E-state index contributed by atoms with van der Waals surface area (Å²) in [4.78, 5) is 28.9. The number of amides is 2. The van der Waals surface area contributed by atoms with Crippen molar-refractivity contribution >= 4 is 46.8 Å². The third-order valence-electron chi connectivity index (χ3n) is 5.13. The molecule has 7 heteroatoms. The number of hydrogen-bond donors (Lipinski definition) is 1. The van der Waals surface area contributed by atoms with Crippen molar-refractivity contribution in [1.29, 1.82) is 0 Å². The van der Waals surface area contributed by atoms with Crippen LogP contribution in [0.3, 0.4) is 0 Å². The van der Waals surface area contributed by atoms with Crippen LogP contribution in [0.4, 0.5) is 0 Å². The van der Waals surface area contributed by atoms with Crippen molar-refractivity contribution in [2.75, 3.05) is 12.3 Å². The van der Waals surface area contributed by atoms with Gasteiger partial charge in [-0.1, -0.05) is 61.7 Å². The van der Waals surface area contributed by atoms with Gasteiger partial charge in [-0.15, -0.1) is 11.8 Å². The van der Waals surface area contributed by atoms with Crippen LogP contribution in [0.2, 0.25) is 10.0 Å². The molecule has 1 atom stereocenters. The Bertz CT molecular complexity index is 861. The van der Waals surface area contributed by atoms with Gasteiger partial charge in [0.25, 0.3) is 0 Å². The van der Waals surface area contributed by atoms with Gasteiger partial charge < -0.3 is 10.2 Å². The molecule has 2 aromatic carbocycles. The Labute approximate surface area is 206 Å². The molecule has 0 aliphatic rings. The highest BCUT2D eigenvalue weighted by Gasteiger charge is 2.28. The molecule has 2 aromatic rings. The lowest BCUT2D eigenvalue weighted by atomic mass is 10.1. The maximum absolute atomic E-state index is 13.2. The molecule has 1 N–H and O–H groups in total. The van der Waals surface area contributed by atoms with E-state index in [0.29, 0.717) is 36.0 Å². The lowest BCUT2D eigenvalue weighted by Gasteiger charge is -2.31. The lowest BCUT2D eigenvalue weighted by Crippen LogP contribution is -2.49. The minimum absolute atomic E-state index is 0.0286. The highest BCUT2D eigenvalue weighted by atomic mass is 35.5. The SMILES string of the molecule is CCCCNC(=O)C(CC)N(Cc1ccccc1Cl)C(=O)CCCSc1ccc(Cl)cc1. The van der Waals surface area contributed by atoms with E-state index in [-0.39, 0.29) is 11.8 Å². The Hall–Kier alpha value is -1.69. The number of thioether (sulfide) groups is 1. The van der Waals surface area contributed by atoms with E-state index in [0.717, 1.165) is 35.5 Å². The Balaban J connectivity index is 2.04. The summed E-state index contributed by atoms with van der Waals surface area (Å²) < 4.78 is 0. The van der Waals surface area contributed by atoms with E-state index in [1.165, 1.54) is 0 Å². The van der Waals surface area contributed by atoms with Crippen molar-refractivity contribution in [3.05, 3.63) is 64.1 Å². The van der Waals surface area contributed by atoms with E-state index in [2.05, 4.69) is 12.2 Å². The van der Waals surface area contributed by atoms with Crippen LogP contribution in [-0.4, -0.2) is 35.1 Å². The highest BCUT2D eigenvalue weighted by Crippen LogP contribution is 2.23.